The molecule has 1 amide bonds. The quantitative estimate of drug-likeness (QED) is 0.925. The van der Waals surface area contributed by atoms with Crippen molar-refractivity contribution in [1.29, 1.82) is 0 Å². The highest BCUT2D eigenvalue weighted by Crippen LogP contribution is 2.23. The minimum atomic E-state index is -0.448. The minimum Gasteiger partial charge on any atom is -0.491 e. The van der Waals surface area contributed by atoms with Crippen LogP contribution in [0.3, 0.4) is 0 Å². The van der Waals surface area contributed by atoms with Gasteiger partial charge in [-0.25, -0.2) is 0 Å². The smallest absolute Gasteiger partial charge is 0.276 e. The zero-order valence-electron chi connectivity index (χ0n) is 14.2. The fraction of sp³-hybridized carbons (Fsp3) is 0.471. The van der Waals surface area contributed by atoms with Gasteiger partial charge in [-0.05, 0) is 32.9 Å². The van der Waals surface area contributed by atoms with Crippen molar-refractivity contribution in [3.63, 3.8) is 0 Å². The summed E-state index contributed by atoms with van der Waals surface area (Å²) < 4.78 is 11.8. The number of rotatable bonds is 4. The number of morpholine rings is 1. The number of hydrogen-bond donors (Lipinski definition) is 1. The first kappa shape index (κ1) is 16.4. The van der Waals surface area contributed by atoms with Gasteiger partial charge in [0, 0.05) is 6.54 Å². The van der Waals surface area contributed by atoms with Crippen molar-refractivity contribution in [2.75, 3.05) is 19.7 Å². The Bertz CT molecular complexity index is 699. The number of aromatic amines is 1. The van der Waals surface area contributed by atoms with Crippen LogP contribution < -0.4 is 4.74 Å². The highest BCUT2D eigenvalue weighted by molar-refractivity contribution is 5.93. The molecule has 128 valence electrons. The van der Waals surface area contributed by atoms with E-state index >= 15 is 0 Å². The number of benzene rings is 1. The molecule has 1 N–H and O–H groups in total. The SMILES string of the molecule is Cc1n[nH]nc1C(=O)N1C[C@@H](COc2ccccc2)OC(C)(C)C1. The van der Waals surface area contributed by atoms with Crippen molar-refractivity contribution in [2.24, 2.45) is 0 Å². The molecule has 3 rings (SSSR count). The number of aryl methyl sites for hydroxylation is 1. The van der Waals surface area contributed by atoms with E-state index in [-0.39, 0.29) is 12.0 Å². The van der Waals surface area contributed by atoms with E-state index in [1.54, 1.807) is 11.8 Å². The fourth-order valence-corrected chi connectivity index (χ4v) is 2.88. The van der Waals surface area contributed by atoms with Gasteiger partial charge in [0.25, 0.3) is 5.91 Å². The Labute approximate surface area is 141 Å². The molecule has 7 heteroatoms. The van der Waals surface area contributed by atoms with E-state index in [1.165, 1.54) is 0 Å². The van der Waals surface area contributed by atoms with Gasteiger partial charge in [0.2, 0.25) is 0 Å². The average molecular weight is 330 g/mol. The maximum Gasteiger partial charge on any atom is 0.276 e. The molecule has 1 atom stereocenters. The van der Waals surface area contributed by atoms with E-state index in [4.69, 9.17) is 9.47 Å². The highest BCUT2D eigenvalue weighted by atomic mass is 16.5. The van der Waals surface area contributed by atoms with Crippen LogP contribution in [0.5, 0.6) is 5.75 Å². The van der Waals surface area contributed by atoms with Gasteiger partial charge >= 0.3 is 0 Å². The van der Waals surface area contributed by atoms with Gasteiger partial charge in [-0.15, -0.1) is 0 Å². The Balaban J connectivity index is 1.68. The van der Waals surface area contributed by atoms with Crippen molar-refractivity contribution < 1.29 is 14.3 Å². The normalized spacial score (nSPS) is 20.0. The number of carbonyl (C=O) groups is 1. The number of H-pyrrole nitrogens is 1. The van der Waals surface area contributed by atoms with Crippen LogP contribution in [-0.2, 0) is 4.74 Å². The first-order valence-electron chi connectivity index (χ1n) is 7.97. The molecule has 0 spiro atoms. The van der Waals surface area contributed by atoms with Crippen LogP contribution >= 0.6 is 0 Å². The van der Waals surface area contributed by atoms with E-state index in [2.05, 4.69) is 15.4 Å². The van der Waals surface area contributed by atoms with Crippen molar-refractivity contribution in [3.05, 3.63) is 41.7 Å². The summed E-state index contributed by atoms with van der Waals surface area (Å²) >= 11 is 0. The minimum absolute atomic E-state index is 0.137. The van der Waals surface area contributed by atoms with Gasteiger partial charge in [-0.3, -0.25) is 4.79 Å². The molecular formula is C17H22N4O3. The molecule has 0 unspecified atom stereocenters. The standard InChI is InChI=1S/C17H22N4O3/c1-12-15(19-20-18-12)16(22)21-9-14(24-17(2,3)11-21)10-23-13-7-5-4-6-8-13/h4-8,14H,9-11H2,1-3H3,(H,18,19,20)/t14-/m0/s1. The van der Waals surface area contributed by atoms with E-state index < -0.39 is 5.60 Å². The third-order valence-corrected chi connectivity index (χ3v) is 3.87. The Morgan fingerprint density at radius 3 is 2.79 bits per heavy atom. The molecule has 0 bridgehead atoms. The fourth-order valence-electron chi connectivity index (χ4n) is 2.88. The molecule has 24 heavy (non-hydrogen) atoms. The third kappa shape index (κ3) is 3.73. The van der Waals surface area contributed by atoms with Crippen LogP contribution in [0.15, 0.2) is 30.3 Å². The lowest BCUT2D eigenvalue weighted by Gasteiger charge is -2.42. The van der Waals surface area contributed by atoms with E-state index in [9.17, 15) is 4.79 Å². The summed E-state index contributed by atoms with van der Waals surface area (Å²) in [4.78, 5) is 14.5. The summed E-state index contributed by atoms with van der Waals surface area (Å²) in [6.45, 7) is 7.05. The molecule has 1 aromatic carbocycles. The van der Waals surface area contributed by atoms with Crippen LogP contribution in [-0.4, -0.2) is 57.6 Å². The summed E-state index contributed by atoms with van der Waals surface area (Å²) in [5.74, 6) is 0.650. The molecule has 0 radical (unpaired) electrons. The first-order valence-corrected chi connectivity index (χ1v) is 7.97. The number of nitrogens with zero attached hydrogens (tertiary/aromatic N) is 3. The number of hydrogen-bond acceptors (Lipinski definition) is 5. The lowest BCUT2D eigenvalue weighted by atomic mass is 10.0. The van der Waals surface area contributed by atoms with Crippen molar-refractivity contribution in [1.82, 2.24) is 20.3 Å². The summed E-state index contributed by atoms with van der Waals surface area (Å²) in [6, 6.07) is 9.58. The molecule has 1 fully saturated rings. The molecule has 1 aliphatic heterocycles. The lowest BCUT2D eigenvalue weighted by molar-refractivity contribution is -0.136. The predicted molar refractivity (Wildman–Crippen MR) is 87.9 cm³/mol. The summed E-state index contributed by atoms with van der Waals surface area (Å²) in [6.07, 6.45) is -0.204. The van der Waals surface area contributed by atoms with Gasteiger partial charge in [0.15, 0.2) is 5.69 Å². The number of aromatic nitrogens is 3. The summed E-state index contributed by atoms with van der Waals surface area (Å²) in [5, 5.41) is 10.4. The van der Waals surface area contributed by atoms with E-state index in [0.29, 0.717) is 31.1 Å². The van der Waals surface area contributed by atoms with Gasteiger partial charge in [0.1, 0.15) is 18.5 Å². The molecule has 1 aromatic heterocycles. The van der Waals surface area contributed by atoms with Gasteiger partial charge < -0.3 is 14.4 Å². The van der Waals surface area contributed by atoms with Crippen LogP contribution in [0.4, 0.5) is 0 Å². The summed E-state index contributed by atoms with van der Waals surface area (Å²) in [5.41, 5.74) is 0.507. The zero-order chi connectivity index (χ0) is 17.2. The van der Waals surface area contributed by atoms with Crippen LogP contribution in [0.2, 0.25) is 0 Å². The Morgan fingerprint density at radius 1 is 1.38 bits per heavy atom. The van der Waals surface area contributed by atoms with Gasteiger partial charge in [-0.1, -0.05) is 18.2 Å². The summed E-state index contributed by atoms with van der Waals surface area (Å²) in [7, 11) is 0. The van der Waals surface area contributed by atoms with Crippen LogP contribution in [0, 0.1) is 6.92 Å². The second kappa shape index (κ2) is 6.60. The molecule has 2 aromatic rings. The molecular weight excluding hydrogens is 308 g/mol. The molecule has 2 heterocycles. The van der Waals surface area contributed by atoms with Crippen molar-refractivity contribution >= 4 is 5.91 Å². The van der Waals surface area contributed by atoms with Crippen LogP contribution in [0.25, 0.3) is 0 Å². The predicted octanol–water partition coefficient (Wildman–Crippen LogP) is 1.81. The lowest BCUT2D eigenvalue weighted by Crippen LogP contribution is -2.56. The van der Waals surface area contributed by atoms with Gasteiger partial charge in [0.05, 0.1) is 17.8 Å². The van der Waals surface area contributed by atoms with Crippen LogP contribution in [0.1, 0.15) is 30.0 Å². The highest BCUT2D eigenvalue weighted by Gasteiger charge is 2.37. The third-order valence-electron chi connectivity index (χ3n) is 3.87. The first-order chi connectivity index (χ1) is 11.4. The Kier molecular flexibility index (Phi) is 4.53. The number of carbonyl (C=O) groups excluding carboxylic acids is 1. The second-order valence-corrected chi connectivity index (χ2v) is 6.57. The molecule has 1 aliphatic rings. The molecule has 1 saturated heterocycles. The monoisotopic (exact) mass is 330 g/mol. The number of nitrogens with one attached hydrogen (secondary N) is 1. The van der Waals surface area contributed by atoms with Crippen molar-refractivity contribution in [3.8, 4) is 5.75 Å². The number of para-hydroxylation sites is 1. The number of ether oxygens (including phenoxy) is 2. The maximum absolute atomic E-state index is 12.7. The Morgan fingerprint density at radius 2 is 2.12 bits per heavy atom. The largest absolute Gasteiger partial charge is 0.491 e. The number of amides is 1. The van der Waals surface area contributed by atoms with Crippen molar-refractivity contribution in [2.45, 2.75) is 32.5 Å². The zero-order valence-corrected chi connectivity index (χ0v) is 14.2. The van der Waals surface area contributed by atoms with E-state index in [1.807, 2.05) is 44.2 Å². The molecule has 0 aliphatic carbocycles. The topological polar surface area (TPSA) is 80.3 Å². The van der Waals surface area contributed by atoms with Gasteiger partial charge in [-0.2, -0.15) is 15.4 Å². The second-order valence-electron chi connectivity index (χ2n) is 6.57. The molecule has 0 saturated carbocycles. The molecule has 7 nitrogen and oxygen atoms in total. The average Bonchev–Trinajstić information content (AvgIpc) is 2.98. The maximum atomic E-state index is 12.7. The Hall–Kier alpha value is -2.41. The van der Waals surface area contributed by atoms with E-state index in [0.717, 1.165) is 5.75 Å².